The quantitative estimate of drug-likeness (QED) is 0.797. The maximum Gasteiger partial charge on any atom is 0.254 e. The highest BCUT2D eigenvalue weighted by molar-refractivity contribution is 6.15. The van der Waals surface area contributed by atoms with Crippen molar-refractivity contribution in [3.8, 4) is 0 Å². The largest absolute Gasteiger partial charge is 0.337 e. The van der Waals surface area contributed by atoms with Crippen molar-refractivity contribution in [2.75, 3.05) is 13.1 Å². The molecule has 2 aromatic rings. The number of amides is 1. The molecule has 2 bridgehead atoms. The van der Waals surface area contributed by atoms with Crippen LogP contribution in [-0.2, 0) is 0 Å². The molecule has 148 valence electrons. The molecule has 4 rings (SSSR count). The van der Waals surface area contributed by atoms with Gasteiger partial charge in [0.15, 0.2) is 5.78 Å². The standard InChI is InChI=1S/C23H26N2O2.ClH/c1-15-7-8-17(13-16(15)2)22(26)20-5-3-4-6-21(20)23(27)25-12-11-18-9-10-19(14-25)24-18;/h3-8,13,18-19,24H,9-12,14H2,1-2H3;1H. The molecule has 2 aromatic carbocycles. The maximum atomic E-state index is 13.3. The first-order valence-electron chi connectivity index (χ1n) is 9.79. The summed E-state index contributed by atoms with van der Waals surface area (Å²) >= 11 is 0. The molecule has 2 fully saturated rings. The van der Waals surface area contributed by atoms with Gasteiger partial charge in [-0.15, -0.1) is 12.4 Å². The number of carbonyl (C=O) groups is 2. The third-order valence-corrected chi connectivity index (χ3v) is 5.98. The van der Waals surface area contributed by atoms with E-state index in [0.29, 0.717) is 28.8 Å². The van der Waals surface area contributed by atoms with Crippen molar-refractivity contribution in [2.24, 2.45) is 0 Å². The summed E-state index contributed by atoms with van der Waals surface area (Å²) in [5, 5.41) is 3.60. The number of rotatable bonds is 3. The predicted octanol–water partition coefficient (Wildman–Crippen LogP) is 3.92. The minimum Gasteiger partial charge on any atom is -0.337 e. The molecule has 0 radical (unpaired) electrons. The van der Waals surface area contributed by atoms with Gasteiger partial charge >= 0.3 is 0 Å². The molecular weight excluding hydrogens is 372 g/mol. The van der Waals surface area contributed by atoms with Crippen LogP contribution in [0.3, 0.4) is 0 Å². The molecule has 0 spiro atoms. The van der Waals surface area contributed by atoms with Crippen LogP contribution in [0.25, 0.3) is 0 Å². The highest BCUT2D eigenvalue weighted by Gasteiger charge is 2.32. The van der Waals surface area contributed by atoms with E-state index in [4.69, 9.17) is 0 Å². The van der Waals surface area contributed by atoms with E-state index in [1.807, 2.05) is 49.1 Å². The van der Waals surface area contributed by atoms with Crippen LogP contribution in [0.15, 0.2) is 42.5 Å². The zero-order chi connectivity index (χ0) is 19.0. The molecule has 2 aliphatic heterocycles. The van der Waals surface area contributed by atoms with Gasteiger partial charge in [0.2, 0.25) is 0 Å². The average molecular weight is 399 g/mol. The lowest BCUT2D eigenvalue weighted by Crippen LogP contribution is -2.39. The van der Waals surface area contributed by atoms with Crippen LogP contribution in [0, 0.1) is 13.8 Å². The van der Waals surface area contributed by atoms with Crippen LogP contribution in [0.1, 0.15) is 56.7 Å². The molecule has 5 heteroatoms. The fraction of sp³-hybridized carbons (Fsp3) is 0.391. The number of carbonyl (C=O) groups excluding carboxylic acids is 2. The monoisotopic (exact) mass is 398 g/mol. The Kier molecular flexibility index (Phi) is 6.21. The second kappa shape index (κ2) is 8.46. The van der Waals surface area contributed by atoms with Crippen LogP contribution in [0.4, 0.5) is 0 Å². The highest BCUT2D eigenvalue weighted by atomic mass is 35.5. The van der Waals surface area contributed by atoms with E-state index in [-0.39, 0.29) is 24.1 Å². The second-order valence-electron chi connectivity index (χ2n) is 7.85. The maximum absolute atomic E-state index is 13.3. The number of likely N-dealkylation sites (tertiary alicyclic amines) is 1. The zero-order valence-corrected chi connectivity index (χ0v) is 17.2. The Labute approximate surface area is 172 Å². The van der Waals surface area contributed by atoms with Gasteiger partial charge in [-0.3, -0.25) is 9.59 Å². The summed E-state index contributed by atoms with van der Waals surface area (Å²) < 4.78 is 0. The van der Waals surface area contributed by atoms with Crippen molar-refractivity contribution in [3.05, 3.63) is 70.3 Å². The topological polar surface area (TPSA) is 49.4 Å². The van der Waals surface area contributed by atoms with E-state index in [0.717, 1.165) is 37.1 Å². The Morgan fingerprint density at radius 1 is 0.929 bits per heavy atom. The number of nitrogens with one attached hydrogen (secondary N) is 1. The Morgan fingerprint density at radius 3 is 2.39 bits per heavy atom. The van der Waals surface area contributed by atoms with Crippen molar-refractivity contribution < 1.29 is 9.59 Å². The van der Waals surface area contributed by atoms with Gasteiger partial charge in [-0.2, -0.15) is 0 Å². The fourth-order valence-electron chi connectivity index (χ4n) is 4.20. The Hall–Kier alpha value is -2.17. The molecule has 4 nitrogen and oxygen atoms in total. The van der Waals surface area contributed by atoms with Crippen LogP contribution < -0.4 is 5.32 Å². The molecule has 0 saturated carbocycles. The normalized spacial score (nSPS) is 21.0. The van der Waals surface area contributed by atoms with Gasteiger partial charge in [-0.05, 0) is 56.4 Å². The number of fused-ring (bicyclic) bond motifs is 2. The van der Waals surface area contributed by atoms with Crippen molar-refractivity contribution in [1.29, 1.82) is 0 Å². The number of hydrogen-bond donors (Lipinski definition) is 1. The van der Waals surface area contributed by atoms with E-state index in [1.54, 1.807) is 12.1 Å². The SMILES string of the molecule is Cc1ccc(C(=O)c2ccccc2C(=O)N2CCC3CCC(C2)N3)cc1C.Cl. The summed E-state index contributed by atoms with van der Waals surface area (Å²) in [5.41, 5.74) is 3.88. The Morgan fingerprint density at radius 2 is 1.64 bits per heavy atom. The number of benzene rings is 2. The minimum absolute atomic E-state index is 0. The average Bonchev–Trinajstić information content (AvgIpc) is 3.01. The second-order valence-corrected chi connectivity index (χ2v) is 7.85. The zero-order valence-electron chi connectivity index (χ0n) is 16.4. The van der Waals surface area contributed by atoms with Gasteiger partial charge in [0, 0.05) is 36.3 Å². The van der Waals surface area contributed by atoms with Crippen LogP contribution in [0.5, 0.6) is 0 Å². The molecule has 0 aliphatic carbocycles. The summed E-state index contributed by atoms with van der Waals surface area (Å²) in [4.78, 5) is 28.3. The number of nitrogens with zero attached hydrogens (tertiary/aromatic N) is 1. The molecule has 2 heterocycles. The van der Waals surface area contributed by atoms with E-state index >= 15 is 0 Å². The third kappa shape index (κ3) is 3.98. The van der Waals surface area contributed by atoms with Crippen LogP contribution >= 0.6 is 12.4 Å². The summed E-state index contributed by atoms with van der Waals surface area (Å²) in [6, 6.07) is 13.9. The lowest BCUT2D eigenvalue weighted by atomic mass is 9.95. The molecule has 2 aliphatic rings. The van der Waals surface area contributed by atoms with Crippen molar-refractivity contribution in [1.82, 2.24) is 10.2 Å². The molecule has 2 unspecified atom stereocenters. The molecule has 2 atom stereocenters. The van der Waals surface area contributed by atoms with Gasteiger partial charge < -0.3 is 10.2 Å². The van der Waals surface area contributed by atoms with E-state index in [1.165, 1.54) is 6.42 Å². The van der Waals surface area contributed by atoms with E-state index in [2.05, 4.69) is 5.32 Å². The molecule has 28 heavy (non-hydrogen) atoms. The van der Waals surface area contributed by atoms with Crippen molar-refractivity contribution in [2.45, 2.75) is 45.2 Å². The number of hydrogen-bond acceptors (Lipinski definition) is 3. The van der Waals surface area contributed by atoms with Gasteiger partial charge in [0.25, 0.3) is 5.91 Å². The molecular formula is C23H27ClN2O2. The molecule has 1 N–H and O–H groups in total. The summed E-state index contributed by atoms with van der Waals surface area (Å²) in [6.45, 7) is 5.51. The van der Waals surface area contributed by atoms with Gasteiger partial charge in [0.05, 0.1) is 5.56 Å². The number of ketones is 1. The first-order chi connectivity index (χ1) is 13.0. The lowest BCUT2D eigenvalue weighted by Gasteiger charge is -2.25. The van der Waals surface area contributed by atoms with Crippen molar-refractivity contribution in [3.63, 3.8) is 0 Å². The summed E-state index contributed by atoms with van der Waals surface area (Å²) in [6.07, 6.45) is 3.31. The lowest BCUT2D eigenvalue weighted by molar-refractivity contribution is 0.0744. The molecule has 1 amide bonds. The van der Waals surface area contributed by atoms with Crippen molar-refractivity contribution >= 4 is 24.1 Å². The van der Waals surface area contributed by atoms with Gasteiger partial charge in [-0.25, -0.2) is 0 Å². The van der Waals surface area contributed by atoms with Gasteiger partial charge in [-0.1, -0.05) is 30.3 Å². The van der Waals surface area contributed by atoms with Gasteiger partial charge in [0.1, 0.15) is 0 Å². The fourth-order valence-corrected chi connectivity index (χ4v) is 4.20. The highest BCUT2D eigenvalue weighted by Crippen LogP contribution is 2.23. The Bertz CT molecular complexity index is 896. The number of aryl methyl sites for hydroxylation is 2. The third-order valence-electron chi connectivity index (χ3n) is 5.98. The van der Waals surface area contributed by atoms with E-state index < -0.39 is 0 Å². The molecule has 0 aromatic heterocycles. The minimum atomic E-state index is -0.0866. The summed E-state index contributed by atoms with van der Waals surface area (Å²) in [7, 11) is 0. The predicted molar refractivity (Wildman–Crippen MR) is 114 cm³/mol. The number of halogens is 1. The summed E-state index contributed by atoms with van der Waals surface area (Å²) in [5.74, 6) is -0.117. The van der Waals surface area contributed by atoms with Crippen LogP contribution in [-0.4, -0.2) is 41.8 Å². The smallest absolute Gasteiger partial charge is 0.254 e. The first-order valence-corrected chi connectivity index (χ1v) is 9.79. The Balaban J connectivity index is 0.00000225. The van der Waals surface area contributed by atoms with E-state index in [9.17, 15) is 9.59 Å². The molecule has 2 saturated heterocycles. The first kappa shape index (κ1) is 20.6. The van der Waals surface area contributed by atoms with Crippen LogP contribution in [0.2, 0.25) is 0 Å².